The highest BCUT2D eigenvalue weighted by Gasteiger charge is 2.34. The average Bonchev–Trinajstić information content (AvgIpc) is 2.87. The van der Waals surface area contributed by atoms with E-state index in [0.29, 0.717) is 11.3 Å². The van der Waals surface area contributed by atoms with Crippen molar-refractivity contribution in [3.8, 4) is 0 Å². The second kappa shape index (κ2) is 5.96. The smallest absolute Gasteiger partial charge is 0.178 e. The molecular formula is C14H21NO4S2. The van der Waals surface area contributed by atoms with Gasteiger partial charge in [-0.1, -0.05) is 6.92 Å². The van der Waals surface area contributed by atoms with Crippen molar-refractivity contribution in [1.82, 2.24) is 0 Å². The molecule has 5 nitrogen and oxygen atoms in total. The number of benzene rings is 1. The summed E-state index contributed by atoms with van der Waals surface area (Å²) in [5.41, 5.74) is 0.755. The fraction of sp³-hybridized carbons (Fsp3) is 0.571. The first-order valence-corrected chi connectivity index (χ1v) is 10.6. The third-order valence-electron chi connectivity index (χ3n) is 3.95. The summed E-state index contributed by atoms with van der Waals surface area (Å²) in [5.74, 6) is 0.0680. The number of anilines is 1. The molecule has 0 saturated heterocycles. The van der Waals surface area contributed by atoms with Crippen LogP contribution in [0.1, 0.15) is 26.2 Å². The Morgan fingerprint density at radius 2 is 1.71 bits per heavy atom. The number of hydrogen-bond donors (Lipinski definition) is 1. The van der Waals surface area contributed by atoms with E-state index in [4.69, 9.17) is 0 Å². The molecule has 2 atom stereocenters. The van der Waals surface area contributed by atoms with Crippen LogP contribution in [0.25, 0.3) is 0 Å². The van der Waals surface area contributed by atoms with Crippen molar-refractivity contribution in [3.63, 3.8) is 0 Å². The minimum Gasteiger partial charge on any atom is -0.381 e. The molecule has 118 valence electrons. The van der Waals surface area contributed by atoms with Crippen LogP contribution in [0.15, 0.2) is 29.2 Å². The van der Waals surface area contributed by atoms with E-state index in [1.807, 2.05) is 0 Å². The molecule has 1 fully saturated rings. The van der Waals surface area contributed by atoms with Crippen molar-refractivity contribution < 1.29 is 16.8 Å². The summed E-state index contributed by atoms with van der Waals surface area (Å²) in [5, 5.41) is 2.86. The predicted octanol–water partition coefficient (Wildman–Crippen LogP) is 1.86. The van der Waals surface area contributed by atoms with Crippen molar-refractivity contribution in [1.29, 1.82) is 0 Å². The molecule has 7 heteroatoms. The Hall–Kier alpha value is -1.08. The molecule has 0 spiro atoms. The zero-order valence-electron chi connectivity index (χ0n) is 12.2. The van der Waals surface area contributed by atoms with E-state index < -0.39 is 19.7 Å². The normalized spacial score (nSPS) is 23.1. The van der Waals surface area contributed by atoms with Crippen molar-refractivity contribution in [2.24, 2.45) is 0 Å². The summed E-state index contributed by atoms with van der Waals surface area (Å²) in [7, 11) is -6.27. The van der Waals surface area contributed by atoms with Gasteiger partial charge in [-0.15, -0.1) is 0 Å². The second-order valence-electron chi connectivity index (χ2n) is 5.48. The third-order valence-corrected chi connectivity index (χ3v) is 7.36. The zero-order chi connectivity index (χ0) is 15.7. The highest BCUT2D eigenvalue weighted by atomic mass is 32.2. The molecule has 0 bridgehead atoms. The van der Waals surface area contributed by atoms with Gasteiger partial charge in [-0.3, -0.25) is 0 Å². The molecule has 1 aromatic rings. The van der Waals surface area contributed by atoms with Crippen LogP contribution in [0.2, 0.25) is 0 Å². The molecule has 0 amide bonds. The van der Waals surface area contributed by atoms with Gasteiger partial charge >= 0.3 is 0 Å². The van der Waals surface area contributed by atoms with Crippen LogP contribution in [0.5, 0.6) is 0 Å². The second-order valence-corrected chi connectivity index (χ2v) is 10.0. The maximum atomic E-state index is 11.7. The van der Waals surface area contributed by atoms with E-state index in [9.17, 15) is 16.8 Å². The Kier molecular flexibility index (Phi) is 4.63. The lowest BCUT2D eigenvalue weighted by Gasteiger charge is -2.20. The van der Waals surface area contributed by atoms with Crippen LogP contribution in [0.3, 0.4) is 0 Å². The molecule has 1 N–H and O–H groups in total. The monoisotopic (exact) mass is 331 g/mol. The minimum absolute atomic E-state index is 0.0680. The van der Waals surface area contributed by atoms with Crippen LogP contribution < -0.4 is 5.32 Å². The lowest BCUT2D eigenvalue weighted by molar-refractivity contribution is 0.579. The van der Waals surface area contributed by atoms with Gasteiger partial charge in [0.25, 0.3) is 0 Å². The fourth-order valence-corrected chi connectivity index (χ4v) is 5.02. The summed E-state index contributed by atoms with van der Waals surface area (Å²) in [6.45, 7) is 1.61. The topological polar surface area (TPSA) is 80.3 Å². The van der Waals surface area contributed by atoms with Crippen molar-refractivity contribution in [3.05, 3.63) is 24.3 Å². The fourth-order valence-electron chi connectivity index (χ4n) is 2.74. The molecular weight excluding hydrogens is 310 g/mol. The molecule has 1 aliphatic carbocycles. The standard InChI is InChI=1S/C14H21NO4S2/c1-3-21(18,19)12-9-7-11(8-10-12)15-13-5-4-6-14(13)20(2,16)17/h7-10,13-15H,3-6H2,1-2H3. The summed E-state index contributed by atoms with van der Waals surface area (Å²) in [6.07, 6.45) is 3.65. The van der Waals surface area contributed by atoms with E-state index in [2.05, 4.69) is 5.32 Å². The van der Waals surface area contributed by atoms with E-state index >= 15 is 0 Å². The number of hydrogen-bond acceptors (Lipinski definition) is 5. The molecule has 0 aliphatic heterocycles. The predicted molar refractivity (Wildman–Crippen MR) is 84.1 cm³/mol. The Morgan fingerprint density at radius 1 is 1.10 bits per heavy atom. The van der Waals surface area contributed by atoms with Crippen molar-refractivity contribution >= 4 is 25.4 Å². The molecule has 21 heavy (non-hydrogen) atoms. The summed E-state index contributed by atoms with van der Waals surface area (Å²) in [6, 6.07) is 6.41. The maximum absolute atomic E-state index is 11.7. The first-order chi connectivity index (χ1) is 9.74. The van der Waals surface area contributed by atoms with E-state index in [-0.39, 0.29) is 17.0 Å². The largest absolute Gasteiger partial charge is 0.381 e. The first kappa shape index (κ1) is 16.3. The molecule has 1 aliphatic rings. The van der Waals surface area contributed by atoms with Gasteiger partial charge in [0.1, 0.15) is 0 Å². The molecule has 1 aromatic carbocycles. The van der Waals surface area contributed by atoms with Crippen LogP contribution in [-0.4, -0.2) is 40.1 Å². The van der Waals surface area contributed by atoms with Gasteiger partial charge in [-0.2, -0.15) is 0 Å². The van der Waals surface area contributed by atoms with Crippen LogP contribution >= 0.6 is 0 Å². The zero-order valence-corrected chi connectivity index (χ0v) is 13.9. The molecule has 0 heterocycles. The Bertz CT molecular complexity index is 693. The van der Waals surface area contributed by atoms with E-state index in [1.165, 1.54) is 6.26 Å². The molecule has 1 saturated carbocycles. The van der Waals surface area contributed by atoms with Crippen molar-refractivity contribution in [2.45, 2.75) is 42.4 Å². The maximum Gasteiger partial charge on any atom is 0.178 e. The Morgan fingerprint density at radius 3 is 2.24 bits per heavy atom. The van der Waals surface area contributed by atoms with Crippen LogP contribution in [0.4, 0.5) is 5.69 Å². The van der Waals surface area contributed by atoms with Gasteiger partial charge in [-0.05, 0) is 43.5 Å². The van der Waals surface area contributed by atoms with Gasteiger partial charge in [0.2, 0.25) is 0 Å². The number of rotatable bonds is 5. The minimum atomic E-state index is -3.20. The van der Waals surface area contributed by atoms with Gasteiger partial charge < -0.3 is 5.32 Å². The summed E-state index contributed by atoms with van der Waals surface area (Å²) >= 11 is 0. The first-order valence-electron chi connectivity index (χ1n) is 7.02. The molecule has 2 rings (SSSR count). The van der Waals surface area contributed by atoms with Crippen molar-refractivity contribution in [2.75, 3.05) is 17.3 Å². The summed E-state index contributed by atoms with van der Waals surface area (Å²) in [4.78, 5) is 0.293. The summed E-state index contributed by atoms with van der Waals surface area (Å²) < 4.78 is 47.0. The average molecular weight is 331 g/mol. The highest BCUT2D eigenvalue weighted by Crippen LogP contribution is 2.28. The Balaban J connectivity index is 2.14. The van der Waals surface area contributed by atoms with Gasteiger partial charge in [0, 0.05) is 18.0 Å². The van der Waals surface area contributed by atoms with Crippen LogP contribution in [-0.2, 0) is 19.7 Å². The molecule has 0 aromatic heterocycles. The van der Waals surface area contributed by atoms with Crippen LogP contribution in [0, 0.1) is 0 Å². The van der Waals surface area contributed by atoms with Gasteiger partial charge in [0.05, 0.1) is 15.9 Å². The van der Waals surface area contributed by atoms with E-state index in [1.54, 1.807) is 31.2 Å². The third kappa shape index (κ3) is 3.77. The lowest BCUT2D eigenvalue weighted by atomic mass is 10.2. The number of sulfone groups is 2. The molecule has 0 radical (unpaired) electrons. The highest BCUT2D eigenvalue weighted by molar-refractivity contribution is 7.91. The lowest BCUT2D eigenvalue weighted by Crippen LogP contribution is -2.34. The Labute approximate surface area is 126 Å². The number of nitrogens with one attached hydrogen (secondary N) is 1. The van der Waals surface area contributed by atoms with E-state index in [0.717, 1.165) is 18.5 Å². The van der Waals surface area contributed by atoms with Gasteiger partial charge in [-0.25, -0.2) is 16.8 Å². The molecule has 2 unspecified atom stereocenters. The van der Waals surface area contributed by atoms with Gasteiger partial charge in [0.15, 0.2) is 19.7 Å². The quantitative estimate of drug-likeness (QED) is 0.891. The SMILES string of the molecule is CCS(=O)(=O)c1ccc(NC2CCCC2S(C)(=O)=O)cc1.